The van der Waals surface area contributed by atoms with Crippen LogP contribution in [0.5, 0.6) is 11.6 Å². The third kappa shape index (κ3) is 2.95. The van der Waals surface area contributed by atoms with Crippen molar-refractivity contribution in [1.82, 2.24) is 9.97 Å². The fourth-order valence-corrected chi connectivity index (χ4v) is 3.62. The summed E-state index contributed by atoms with van der Waals surface area (Å²) < 4.78 is 6.03. The van der Waals surface area contributed by atoms with Gasteiger partial charge in [0.15, 0.2) is 5.75 Å². The van der Waals surface area contributed by atoms with Gasteiger partial charge in [0.05, 0.1) is 11.4 Å². The molecule has 0 saturated heterocycles. The van der Waals surface area contributed by atoms with Crippen molar-refractivity contribution in [3.8, 4) is 11.6 Å². The van der Waals surface area contributed by atoms with Gasteiger partial charge in [0.2, 0.25) is 5.82 Å². The highest BCUT2D eigenvalue weighted by Gasteiger charge is 2.30. The van der Waals surface area contributed by atoms with Gasteiger partial charge >= 0.3 is 0 Å². The van der Waals surface area contributed by atoms with Gasteiger partial charge in [-0.3, -0.25) is 4.90 Å². The molecule has 2 heterocycles. The molecule has 4 rings (SSSR count). The summed E-state index contributed by atoms with van der Waals surface area (Å²) in [6, 6.07) is 10.8. The number of benzene rings is 2. The maximum Gasteiger partial charge on any atom is 0.263 e. The Balaban J connectivity index is 1.99. The SMILES string of the molecule is Cc1ccc2c(c1)N(c1c(C)cc(C(C)(C)C)cc1C)c1nccnc1O2. The van der Waals surface area contributed by atoms with Crippen molar-refractivity contribution in [2.24, 2.45) is 0 Å². The van der Waals surface area contributed by atoms with Crippen LogP contribution >= 0.6 is 0 Å². The lowest BCUT2D eigenvalue weighted by Crippen LogP contribution is -2.21. The molecule has 4 heteroatoms. The second-order valence-corrected chi connectivity index (χ2v) is 8.30. The molecular formula is C23H25N3O. The Labute approximate surface area is 160 Å². The van der Waals surface area contributed by atoms with Crippen LogP contribution in [0.15, 0.2) is 42.7 Å². The van der Waals surface area contributed by atoms with Crippen LogP contribution < -0.4 is 9.64 Å². The predicted molar refractivity (Wildman–Crippen MR) is 110 cm³/mol. The van der Waals surface area contributed by atoms with Crippen LogP contribution in [0.4, 0.5) is 17.2 Å². The number of ether oxygens (including phenoxy) is 1. The standard InChI is InChI=1S/C23H25N3O/c1-14-7-8-19-18(11-14)26(21-22(27-19)25-10-9-24-21)20-15(2)12-17(13-16(20)3)23(4,5)6/h7-13H,1-6H3. The van der Waals surface area contributed by atoms with Crippen molar-refractivity contribution in [2.75, 3.05) is 4.90 Å². The van der Waals surface area contributed by atoms with Crippen molar-refractivity contribution < 1.29 is 4.74 Å². The Kier molecular flexibility index (Phi) is 3.95. The maximum absolute atomic E-state index is 6.03. The third-order valence-electron chi connectivity index (χ3n) is 5.00. The molecule has 0 spiro atoms. The summed E-state index contributed by atoms with van der Waals surface area (Å²) in [4.78, 5) is 11.2. The molecule has 0 fully saturated rings. The summed E-state index contributed by atoms with van der Waals surface area (Å²) in [5.74, 6) is 2.06. The molecule has 2 aromatic carbocycles. The predicted octanol–water partition coefficient (Wildman–Crippen LogP) is 6.27. The monoisotopic (exact) mass is 359 g/mol. The molecule has 1 aromatic heterocycles. The van der Waals surface area contributed by atoms with Gasteiger partial charge in [-0.2, -0.15) is 0 Å². The molecule has 0 radical (unpaired) electrons. The number of fused-ring (bicyclic) bond motifs is 2. The normalized spacial score (nSPS) is 13.0. The first kappa shape index (κ1) is 17.5. The molecular weight excluding hydrogens is 334 g/mol. The molecule has 27 heavy (non-hydrogen) atoms. The van der Waals surface area contributed by atoms with Gasteiger partial charge in [-0.05, 0) is 60.6 Å². The largest absolute Gasteiger partial charge is 0.434 e. The van der Waals surface area contributed by atoms with Crippen LogP contribution in [0.2, 0.25) is 0 Å². The number of hydrogen-bond donors (Lipinski definition) is 0. The second-order valence-electron chi connectivity index (χ2n) is 8.30. The minimum absolute atomic E-state index is 0.102. The van der Waals surface area contributed by atoms with E-state index in [1.807, 2.05) is 6.07 Å². The highest BCUT2D eigenvalue weighted by atomic mass is 16.5. The number of nitrogens with zero attached hydrogens (tertiary/aromatic N) is 3. The molecule has 0 amide bonds. The van der Waals surface area contributed by atoms with Crippen molar-refractivity contribution in [3.05, 3.63) is 65.0 Å². The Bertz CT molecular complexity index is 1010. The van der Waals surface area contributed by atoms with Crippen LogP contribution in [0.3, 0.4) is 0 Å². The van der Waals surface area contributed by atoms with E-state index in [1.165, 1.54) is 22.3 Å². The van der Waals surface area contributed by atoms with E-state index in [0.29, 0.717) is 5.88 Å². The number of hydrogen-bond acceptors (Lipinski definition) is 4. The molecule has 0 atom stereocenters. The average molecular weight is 359 g/mol. The Morgan fingerprint density at radius 3 is 2.22 bits per heavy atom. The van der Waals surface area contributed by atoms with Crippen LogP contribution in [0, 0.1) is 20.8 Å². The van der Waals surface area contributed by atoms with Gasteiger partial charge in [-0.1, -0.05) is 39.0 Å². The summed E-state index contributed by atoms with van der Waals surface area (Å²) in [6.45, 7) is 13.2. The average Bonchev–Trinajstić information content (AvgIpc) is 2.60. The molecule has 0 unspecified atom stereocenters. The van der Waals surface area contributed by atoms with E-state index in [0.717, 1.165) is 22.9 Å². The minimum atomic E-state index is 0.102. The first-order chi connectivity index (χ1) is 12.8. The second kappa shape index (κ2) is 6.08. The Morgan fingerprint density at radius 2 is 1.56 bits per heavy atom. The number of rotatable bonds is 1. The zero-order chi connectivity index (χ0) is 19.3. The molecule has 0 bridgehead atoms. The summed E-state index contributed by atoms with van der Waals surface area (Å²) >= 11 is 0. The molecule has 4 nitrogen and oxygen atoms in total. The summed E-state index contributed by atoms with van der Waals surface area (Å²) in [5, 5.41) is 0. The topological polar surface area (TPSA) is 38.2 Å². The fourth-order valence-electron chi connectivity index (χ4n) is 3.62. The minimum Gasteiger partial charge on any atom is -0.434 e. The molecule has 0 N–H and O–H groups in total. The van der Waals surface area contributed by atoms with Crippen molar-refractivity contribution in [2.45, 2.75) is 47.0 Å². The highest BCUT2D eigenvalue weighted by Crippen LogP contribution is 2.50. The van der Waals surface area contributed by atoms with Gasteiger partial charge < -0.3 is 4.74 Å². The molecule has 1 aliphatic heterocycles. The third-order valence-corrected chi connectivity index (χ3v) is 5.00. The molecule has 3 aromatic rings. The quantitative estimate of drug-likeness (QED) is 0.401. The lowest BCUT2D eigenvalue weighted by Gasteiger charge is -2.34. The molecule has 138 valence electrons. The number of aromatic nitrogens is 2. The van der Waals surface area contributed by atoms with Crippen LogP contribution in [-0.4, -0.2) is 9.97 Å². The summed E-state index contributed by atoms with van der Waals surface area (Å²) in [6.07, 6.45) is 3.38. The van der Waals surface area contributed by atoms with Gasteiger partial charge in [-0.15, -0.1) is 0 Å². The number of anilines is 3. The highest BCUT2D eigenvalue weighted by molar-refractivity contribution is 5.86. The van der Waals surface area contributed by atoms with E-state index in [2.05, 4.69) is 80.7 Å². The zero-order valence-corrected chi connectivity index (χ0v) is 16.8. The van der Waals surface area contributed by atoms with E-state index in [4.69, 9.17) is 4.74 Å². The molecule has 0 aliphatic carbocycles. The van der Waals surface area contributed by atoms with Gasteiger partial charge in [0.1, 0.15) is 0 Å². The van der Waals surface area contributed by atoms with E-state index in [1.54, 1.807) is 12.4 Å². The summed E-state index contributed by atoms with van der Waals surface area (Å²) in [7, 11) is 0. The summed E-state index contributed by atoms with van der Waals surface area (Å²) in [5.41, 5.74) is 7.18. The smallest absolute Gasteiger partial charge is 0.263 e. The molecule has 1 aliphatic rings. The number of aryl methyl sites for hydroxylation is 3. The van der Waals surface area contributed by atoms with Crippen molar-refractivity contribution in [3.63, 3.8) is 0 Å². The van der Waals surface area contributed by atoms with Crippen LogP contribution in [0.1, 0.15) is 43.0 Å². The molecule has 0 saturated carbocycles. The lowest BCUT2D eigenvalue weighted by molar-refractivity contribution is 0.454. The zero-order valence-electron chi connectivity index (χ0n) is 16.8. The van der Waals surface area contributed by atoms with Crippen molar-refractivity contribution in [1.29, 1.82) is 0 Å². The van der Waals surface area contributed by atoms with Gasteiger partial charge in [-0.25, -0.2) is 9.97 Å². The maximum atomic E-state index is 6.03. The first-order valence-corrected chi connectivity index (χ1v) is 9.27. The van der Waals surface area contributed by atoms with Gasteiger partial charge in [0, 0.05) is 12.4 Å². The van der Waals surface area contributed by atoms with Crippen LogP contribution in [0.25, 0.3) is 0 Å². The van der Waals surface area contributed by atoms with E-state index in [9.17, 15) is 0 Å². The lowest BCUT2D eigenvalue weighted by atomic mass is 9.84. The van der Waals surface area contributed by atoms with E-state index >= 15 is 0 Å². The Morgan fingerprint density at radius 1 is 0.889 bits per heavy atom. The van der Waals surface area contributed by atoms with E-state index in [-0.39, 0.29) is 5.41 Å². The first-order valence-electron chi connectivity index (χ1n) is 9.27. The van der Waals surface area contributed by atoms with Crippen molar-refractivity contribution >= 4 is 17.2 Å². The fraction of sp³-hybridized carbons (Fsp3) is 0.304. The van der Waals surface area contributed by atoms with E-state index < -0.39 is 0 Å². The van der Waals surface area contributed by atoms with Crippen LogP contribution in [-0.2, 0) is 5.41 Å². The van der Waals surface area contributed by atoms with Gasteiger partial charge in [0.25, 0.3) is 5.88 Å². The Hall–Kier alpha value is -2.88.